The van der Waals surface area contributed by atoms with Crippen molar-refractivity contribution < 1.29 is 13.6 Å². The zero-order valence-electron chi connectivity index (χ0n) is 14.4. The van der Waals surface area contributed by atoms with Gasteiger partial charge in [0, 0.05) is 22.9 Å². The van der Waals surface area contributed by atoms with E-state index < -0.39 is 17.5 Å². The van der Waals surface area contributed by atoms with Crippen molar-refractivity contribution in [1.82, 2.24) is 9.61 Å². The van der Waals surface area contributed by atoms with Crippen molar-refractivity contribution in [2.75, 3.05) is 0 Å². The van der Waals surface area contributed by atoms with Crippen molar-refractivity contribution in [1.29, 1.82) is 0 Å². The number of halogens is 2. The van der Waals surface area contributed by atoms with E-state index in [2.05, 4.69) is 10.1 Å². The highest BCUT2D eigenvalue weighted by Crippen LogP contribution is 2.41. The van der Waals surface area contributed by atoms with E-state index in [9.17, 15) is 13.6 Å². The van der Waals surface area contributed by atoms with Gasteiger partial charge in [0.15, 0.2) is 0 Å². The molecule has 136 valence electrons. The van der Waals surface area contributed by atoms with Crippen molar-refractivity contribution in [2.45, 2.75) is 0 Å². The molecule has 1 amide bonds. The second-order valence-electron chi connectivity index (χ2n) is 6.39. The van der Waals surface area contributed by atoms with Crippen molar-refractivity contribution in [3.8, 4) is 11.1 Å². The van der Waals surface area contributed by atoms with Crippen LogP contribution in [0.1, 0.15) is 21.5 Å². The van der Waals surface area contributed by atoms with Gasteiger partial charge in [0.2, 0.25) is 0 Å². The van der Waals surface area contributed by atoms with E-state index in [1.165, 1.54) is 24.4 Å². The molecule has 5 nitrogen and oxygen atoms in total. The van der Waals surface area contributed by atoms with Crippen molar-refractivity contribution in [3.05, 3.63) is 89.2 Å². The predicted molar refractivity (Wildman–Crippen MR) is 101 cm³/mol. The van der Waals surface area contributed by atoms with E-state index in [0.29, 0.717) is 27.9 Å². The first kappa shape index (κ1) is 16.3. The molecular formula is C21H12F2N4O. The van der Waals surface area contributed by atoms with Gasteiger partial charge in [-0.25, -0.2) is 18.3 Å². The Kier molecular flexibility index (Phi) is 3.39. The monoisotopic (exact) mass is 374 g/mol. The van der Waals surface area contributed by atoms with E-state index in [4.69, 9.17) is 5.73 Å². The molecule has 28 heavy (non-hydrogen) atoms. The molecule has 0 bridgehead atoms. The van der Waals surface area contributed by atoms with Crippen molar-refractivity contribution >= 4 is 22.8 Å². The molecule has 0 radical (unpaired) electrons. The zero-order chi connectivity index (χ0) is 19.4. The summed E-state index contributed by atoms with van der Waals surface area (Å²) in [5, 5.41) is 4.23. The average molecular weight is 374 g/mol. The summed E-state index contributed by atoms with van der Waals surface area (Å²) >= 11 is 0. The number of hydrogen-bond donors (Lipinski definition) is 1. The van der Waals surface area contributed by atoms with Gasteiger partial charge in [-0.2, -0.15) is 5.10 Å². The van der Waals surface area contributed by atoms with Crippen LogP contribution in [0.5, 0.6) is 0 Å². The lowest BCUT2D eigenvalue weighted by atomic mass is 9.96. The Hall–Kier alpha value is -3.87. The summed E-state index contributed by atoms with van der Waals surface area (Å²) in [5.74, 6) is -2.09. The number of fused-ring (bicyclic) bond motifs is 2. The molecule has 2 N–H and O–H groups in total. The number of carbonyl (C=O) groups is 1. The molecule has 0 spiro atoms. The number of carbonyl (C=O) groups excluding carboxylic acids is 1. The smallest absolute Gasteiger partial charge is 0.251 e. The first-order valence-electron chi connectivity index (χ1n) is 8.49. The van der Waals surface area contributed by atoms with Crippen LogP contribution in [-0.2, 0) is 0 Å². The summed E-state index contributed by atoms with van der Waals surface area (Å²) in [6.07, 6.45) is 3.04. The SMILES string of the molecule is NC(=O)c1cnn2ccc3c2c1-c1ccccc1N=C3c1c(F)cccc1F. The van der Waals surface area contributed by atoms with Crippen LogP contribution in [0.15, 0.2) is 65.9 Å². The largest absolute Gasteiger partial charge is 0.366 e. The molecule has 4 aromatic rings. The minimum atomic E-state index is -0.724. The molecule has 0 saturated carbocycles. The molecule has 3 heterocycles. The van der Waals surface area contributed by atoms with Gasteiger partial charge < -0.3 is 5.73 Å². The number of para-hydroxylation sites is 1. The Morgan fingerprint density at radius 1 is 0.929 bits per heavy atom. The molecule has 0 fully saturated rings. The van der Waals surface area contributed by atoms with E-state index in [0.717, 1.165) is 0 Å². The number of rotatable bonds is 2. The predicted octanol–water partition coefficient (Wildman–Crippen LogP) is 3.86. The molecule has 2 aromatic heterocycles. The Balaban J connectivity index is 1.99. The Morgan fingerprint density at radius 2 is 1.68 bits per heavy atom. The van der Waals surface area contributed by atoms with Gasteiger partial charge >= 0.3 is 0 Å². The maximum atomic E-state index is 14.6. The molecule has 0 unspecified atom stereocenters. The summed E-state index contributed by atoms with van der Waals surface area (Å²) in [6.45, 7) is 0. The number of nitrogens with two attached hydrogens (primary N) is 1. The lowest BCUT2D eigenvalue weighted by molar-refractivity contribution is 0.100. The van der Waals surface area contributed by atoms with Crippen LogP contribution in [-0.4, -0.2) is 21.2 Å². The Morgan fingerprint density at radius 3 is 2.43 bits per heavy atom. The quantitative estimate of drug-likeness (QED) is 0.510. The summed E-state index contributed by atoms with van der Waals surface area (Å²) in [5.41, 5.74) is 8.32. The van der Waals surface area contributed by atoms with Gasteiger partial charge in [0.05, 0.1) is 34.2 Å². The molecule has 0 aliphatic carbocycles. The highest BCUT2D eigenvalue weighted by Gasteiger charge is 2.28. The number of primary amides is 1. The van der Waals surface area contributed by atoms with Crippen LogP contribution in [0, 0.1) is 11.6 Å². The zero-order valence-corrected chi connectivity index (χ0v) is 14.4. The minimum Gasteiger partial charge on any atom is -0.366 e. The molecule has 2 aromatic carbocycles. The van der Waals surface area contributed by atoms with E-state index in [1.54, 1.807) is 41.0 Å². The maximum Gasteiger partial charge on any atom is 0.251 e. The summed E-state index contributed by atoms with van der Waals surface area (Å²) in [6, 6.07) is 12.4. The van der Waals surface area contributed by atoms with Gasteiger partial charge in [-0.05, 0) is 24.3 Å². The molecule has 0 atom stereocenters. The lowest BCUT2D eigenvalue weighted by Gasteiger charge is -2.10. The summed E-state index contributed by atoms with van der Waals surface area (Å²) in [4.78, 5) is 16.7. The minimum absolute atomic E-state index is 0.132. The normalized spacial score (nSPS) is 12.4. The van der Waals surface area contributed by atoms with Crippen molar-refractivity contribution in [2.24, 2.45) is 10.7 Å². The molecule has 0 saturated heterocycles. The summed E-state index contributed by atoms with van der Waals surface area (Å²) < 4.78 is 30.7. The van der Waals surface area contributed by atoms with Crippen LogP contribution in [0.2, 0.25) is 0 Å². The van der Waals surface area contributed by atoms with Gasteiger partial charge in [0.25, 0.3) is 5.91 Å². The third-order valence-electron chi connectivity index (χ3n) is 4.81. The molecule has 1 aliphatic heterocycles. The van der Waals surface area contributed by atoms with Crippen LogP contribution >= 0.6 is 0 Å². The highest BCUT2D eigenvalue weighted by molar-refractivity contribution is 6.22. The third-order valence-corrected chi connectivity index (χ3v) is 4.81. The first-order valence-corrected chi connectivity index (χ1v) is 8.49. The Labute approximate surface area is 157 Å². The van der Waals surface area contributed by atoms with Gasteiger partial charge in [-0.1, -0.05) is 24.3 Å². The van der Waals surface area contributed by atoms with Gasteiger partial charge in [-0.3, -0.25) is 4.79 Å². The number of benzene rings is 2. The second kappa shape index (κ2) is 5.82. The highest BCUT2D eigenvalue weighted by atomic mass is 19.1. The van der Waals surface area contributed by atoms with E-state index >= 15 is 0 Å². The summed E-state index contributed by atoms with van der Waals surface area (Å²) in [7, 11) is 0. The standard InChI is InChI=1S/C21H12F2N4O/c22-14-5-3-6-15(23)18(14)19-12-8-9-27-20(12)17(13(10-25-27)21(24)28)11-4-1-2-7-16(11)26-19/h1-10H,(H2,24,28). The van der Waals surface area contributed by atoms with Gasteiger partial charge in [-0.15, -0.1) is 0 Å². The lowest BCUT2D eigenvalue weighted by Crippen LogP contribution is -2.15. The fraction of sp³-hybridized carbons (Fsp3) is 0. The fourth-order valence-electron chi connectivity index (χ4n) is 3.61. The third kappa shape index (κ3) is 2.19. The molecular weight excluding hydrogens is 362 g/mol. The van der Waals surface area contributed by atoms with Crippen molar-refractivity contribution in [3.63, 3.8) is 0 Å². The Bertz CT molecular complexity index is 1300. The fourth-order valence-corrected chi connectivity index (χ4v) is 3.61. The second-order valence-corrected chi connectivity index (χ2v) is 6.39. The average Bonchev–Trinajstić information content (AvgIpc) is 3.04. The number of nitrogens with zero attached hydrogens (tertiary/aromatic N) is 3. The van der Waals surface area contributed by atoms with Gasteiger partial charge in [0.1, 0.15) is 11.6 Å². The van der Waals surface area contributed by atoms with E-state index in [-0.39, 0.29) is 16.8 Å². The van der Waals surface area contributed by atoms with E-state index in [1.807, 2.05) is 0 Å². The van der Waals surface area contributed by atoms with Crippen LogP contribution < -0.4 is 5.73 Å². The molecule has 1 aliphatic rings. The number of aliphatic imine (C=N–C) groups is 1. The first-order chi connectivity index (χ1) is 13.6. The van der Waals surface area contributed by atoms with Crippen LogP contribution in [0.4, 0.5) is 14.5 Å². The topological polar surface area (TPSA) is 72.8 Å². The van der Waals surface area contributed by atoms with Crippen LogP contribution in [0.3, 0.4) is 0 Å². The maximum absolute atomic E-state index is 14.6. The molecule has 7 heteroatoms. The van der Waals surface area contributed by atoms with Crippen LogP contribution in [0.25, 0.3) is 16.6 Å². The number of hydrogen-bond acceptors (Lipinski definition) is 3. The molecule has 5 rings (SSSR count). The number of aromatic nitrogens is 2. The number of amides is 1.